The number of aldehydes is 1. The first-order valence-corrected chi connectivity index (χ1v) is 8.31. The molecule has 7 heteroatoms. The molecule has 2 atom stereocenters. The van der Waals surface area contributed by atoms with E-state index in [9.17, 15) is 19.2 Å². The van der Waals surface area contributed by atoms with Gasteiger partial charge in [-0.3, -0.25) is 9.59 Å². The molecule has 1 saturated carbocycles. The van der Waals surface area contributed by atoms with Gasteiger partial charge in [-0.2, -0.15) is 5.26 Å². The summed E-state index contributed by atoms with van der Waals surface area (Å²) >= 11 is 0. The van der Waals surface area contributed by atoms with Gasteiger partial charge >= 0.3 is 0 Å². The quantitative estimate of drug-likeness (QED) is 0.792. The van der Waals surface area contributed by atoms with Gasteiger partial charge in [0.05, 0.1) is 23.2 Å². The zero-order valence-electron chi connectivity index (χ0n) is 13.8. The third-order valence-corrected chi connectivity index (χ3v) is 4.90. The van der Waals surface area contributed by atoms with Crippen molar-refractivity contribution in [2.24, 2.45) is 0 Å². The van der Waals surface area contributed by atoms with E-state index in [1.807, 2.05) is 4.90 Å². The van der Waals surface area contributed by atoms with Gasteiger partial charge in [0.15, 0.2) is 0 Å². The van der Waals surface area contributed by atoms with Gasteiger partial charge in [0, 0.05) is 24.8 Å². The first kappa shape index (κ1) is 16.2. The van der Waals surface area contributed by atoms with Crippen LogP contribution in [0.3, 0.4) is 0 Å². The molecule has 1 aromatic carbocycles. The van der Waals surface area contributed by atoms with Crippen molar-refractivity contribution in [1.29, 1.82) is 5.26 Å². The molecule has 0 spiro atoms. The number of aromatic nitrogens is 1. The third kappa shape index (κ3) is 2.60. The van der Waals surface area contributed by atoms with E-state index in [1.54, 1.807) is 23.2 Å². The van der Waals surface area contributed by atoms with Crippen molar-refractivity contribution in [1.82, 2.24) is 9.88 Å². The van der Waals surface area contributed by atoms with Crippen molar-refractivity contribution >= 4 is 18.0 Å². The molecule has 2 heterocycles. The predicted molar refractivity (Wildman–Crippen MR) is 91.3 cm³/mol. The molecule has 1 aliphatic heterocycles. The number of anilines is 1. The van der Waals surface area contributed by atoms with Crippen molar-refractivity contribution in [2.45, 2.75) is 18.5 Å². The molecule has 26 heavy (non-hydrogen) atoms. The van der Waals surface area contributed by atoms with E-state index in [0.29, 0.717) is 30.8 Å². The number of nitriles is 1. The normalized spacial score (nSPS) is 20.9. The summed E-state index contributed by atoms with van der Waals surface area (Å²) in [6.07, 6.45) is 2.99. The Morgan fingerprint density at radius 1 is 1.31 bits per heavy atom. The zero-order chi connectivity index (χ0) is 18.3. The Morgan fingerprint density at radius 3 is 2.92 bits per heavy atom. The van der Waals surface area contributed by atoms with Crippen molar-refractivity contribution in [2.75, 3.05) is 18.0 Å². The largest absolute Gasteiger partial charge is 0.349 e. The molecule has 0 radical (unpaired) electrons. The van der Waals surface area contributed by atoms with Gasteiger partial charge in [0.2, 0.25) is 0 Å². The summed E-state index contributed by atoms with van der Waals surface area (Å²) in [5.41, 5.74) is 0.694. The van der Waals surface area contributed by atoms with Crippen LogP contribution in [0.1, 0.15) is 32.7 Å². The smallest absolute Gasteiger partial charge is 0.257 e. The summed E-state index contributed by atoms with van der Waals surface area (Å²) in [7, 11) is 0. The van der Waals surface area contributed by atoms with Gasteiger partial charge in [0.1, 0.15) is 24.0 Å². The predicted octanol–water partition coefficient (Wildman–Crippen LogP) is 2.01. The average Bonchev–Trinajstić information content (AvgIpc) is 3.48. The number of fused-ring (bicyclic) bond motifs is 1. The molecule has 0 bridgehead atoms. The van der Waals surface area contributed by atoms with Crippen LogP contribution < -0.4 is 4.90 Å². The second-order valence-electron chi connectivity index (χ2n) is 6.41. The van der Waals surface area contributed by atoms with E-state index in [0.717, 1.165) is 12.5 Å². The van der Waals surface area contributed by atoms with Crippen molar-refractivity contribution in [3.05, 3.63) is 59.0 Å². The number of hydrogen-bond acceptors (Lipinski definition) is 5. The molecule has 1 aliphatic carbocycles. The molecule has 1 saturated heterocycles. The fourth-order valence-electron chi connectivity index (χ4n) is 3.55. The molecule has 2 fully saturated rings. The fourth-order valence-corrected chi connectivity index (χ4v) is 3.55. The van der Waals surface area contributed by atoms with Gasteiger partial charge in [0.25, 0.3) is 5.91 Å². The van der Waals surface area contributed by atoms with Gasteiger partial charge in [-0.05, 0) is 36.8 Å². The van der Waals surface area contributed by atoms with E-state index >= 15 is 0 Å². The van der Waals surface area contributed by atoms with Crippen LogP contribution in [0.2, 0.25) is 0 Å². The number of pyridine rings is 1. The van der Waals surface area contributed by atoms with Gasteiger partial charge < -0.3 is 9.80 Å². The highest BCUT2D eigenvalue weighted by molar-refractivity contribution is 5.96. The van der Waals surface area contributed by atoms with E-state index < -0.39 is 11.7 Å². The lowest BCUT2D eigenvalue weighted by Gasteiger charge is -2.35. The number of benzene rings is 1. The number of halogens is 1. The molecule has 1 amide bonds. The summed E-state index contributed by atoms with van der Waals surface area (Å²) < 4.78 is 14.1. The van der Waals surface area contributed by atoms with E-state index in [1.165, 1.54) is 12.1 Å². The van der Waals surface area contributed by atoms with E-state index in [4.69, 9.17) is 0 Å². The monoisotopic (exact) mass is 350 g/mol. The van der Waals surface area contributed by atoms with Crippen LogP contribution in [0.4, 0.5) is 10.2 Å². The van der Waals surface area contributed by atoms with Crippen molar-refractivity contribution in [3.63, 3.8) is 0 Å². The molecule has 2 aliphatic rings. The molecule has 130 valence electrons. The number of amides is 1. The molecular weight excluding hydrogens is 335 g/mol. The maximum atomic E-state index is 14.1. The van der Waals surface area contributed by atoms with E-state index in [-0.39, 0.29) is 23.2 Å². The zero-order valence-corrected chi connectivity index (χ0v) is 13.8. The van der Waals surface area contributed by atoms with Crippen LogP contribution in [-0.4, -0.2) is 47.3 Å². The van der Waals surface area contributed by atoms with Crippen LogP contribution in [0.5, 0.6) is 0 Å². The Morgan fingerprint density at radius 2 is 2.15 bits per heavy atom. The number of carbonyl (C=O) groups excluding carboxylic acids is 2. The summed E-state index contributed by atoms with van der Waals surface area (Å²) in [6.45, 7) is 0.930. The highest BCUT2D eigenvalue weighted by atomic mass is 19.1. The molecule has 0 N–H and O–H groups in total. The van der Waals surface area contributed by atoms with Crippen LogP contribution >= 0.6 is 0 Å². The maximum absolute atomic E-state index is 14.1. The van der Waals surface area contributed by atoms with Gasteiger partial charge in [-0.25, -0.2) is 9.37 Å². The number of rotatable bonds is 3. The minimum atomic E-state index is -0.628. The molecule has 1 aromatic heterocycles. The molecule has 6 nitrogen and oxygen atoms in total. The Kier molecular flexibility index (Phi) is 3.88. The minimum absolute atomic E-state index is 0.0379. The Bertz CT molecular complexity index is 939. The lowest BCUT2D eigenvalue weighted by molar-refractivity contribution is 0.0724. The van der Waals surface area contributed by atoms with Crippen molar-refractivity contribution in [3.8, 4) is 6.07 Å². The summed E-state index contributed by atoms with van der Waals surface area (Å²) in [4.78, 5) is 31.7. The standard InChI is InChI=1S/C19H15FN4O2/c20-15-4-3-12(11-25)8-14(15)19(26)24-7-6-23(16-9-17(16)24)18-13(10-21)2-1-5-22-18/h1-5,8,11,16-17H,6-7,9H2. The van der Waals surface area contributed by atoms with Crippen LogP contribution in [0.15, 0.2) is 36.5 Å². The fraction of sp³-hybridized carbons (Fsp3) is 0.263. The van der Waals surface area contributed by atoms with Crippen LogP contribution in [0.25, 0.3) is 0 Å². The molecule has 2 unspecified atom stereocenters. The third-order valence-electron chi connectivity index (χ3n) is 4.90. The van der Waals surface area contributed by atoms with Crippen LogP contribution in [-0.2, 0) is 0 Å². The number of hydrogen-bond donors (Lipinski definition) is 0. The highest BCUT2D eigenvalue weighted by Crippen LogP contribution is 2.40. The minimum Gasteiger partial charge on any atom is -0.349 e. The molecule has 2 aromatic rings. The van der Waals surface area contributed by atoms with Crippen molar-refractivity contribution < 1.29 is 14.0 Å². The topological polar surface area (TPSA) is 77.3 Å². The Hall–Kier alpha value is -3.27. The van der Waals surface area contributed by atoms with Gasteiger partial charge in [-0.1, -0.05) is 0 Å². The highest BCUT2D eigenvalue weighted by Gasteiger charge is 2.51. The number of carbonyl (C=O) groups is 2. The summed E-state index contributed by atoms with van der Waals surface area (Å²) in [5, 5.41) is 9.27. The first-order chi connectivity index (χ1) is 12.6. The first-order valence-electron chi connectivity index (χ1n) is 8.31. The number of piperazine rings is 1. The SMILES string of the molecule is N#Cc1cccnc1N1CCN(C(=O)c2cc(C=O)ccc2F)C2CC21. The second-order valence-corrected chi connectivity index (χ2v) is 6.41. The maximum Gasteiger partial charge on any atom is 0.257 e. The lowest BCUT2D eigenvalue weighted by atomic mass is 10.1. The summed E-state index contributed by atoms with van der Waals surface area (Å²) in [6, 6.07) is 9.40. The molecule has 4 rings (SSSR count). The lowest BCUT2D eigenvalue weighted by Crippen LogP contribution is -2.49. The Balaban J connectivity index is 1.56. The van der Waals surface area contributed by atoms with Gasteiger partial charge in [-0.15, -0.1) is 0 Å². The Labute approximate surface area is 149 Å². The number of nitrogens with zero attached hydrogens (tertiary/aromatic N) is 4. The average molecular weight is 350 g/mol. The van der Waals surface area contributed by atoms with E-state index in [2.05, 4.69) is 11.1 Å². The second kappa shape index (κ2) is 6.23. The summed E-state index contributed by atoms with van der Waals surface area (Å²) in [5.74, 6) is -0.402. The molecular formula is C19H15FN4O2. The van der Waals surface area contributed by atoms with Crippen LogP contribution in [0, 0.1) is 17.1 Å².